The first-order chi connectivity index (χ1) is 7.85. The summed E-state index contributed by atoms with van der Waals surface area (Å²) < 4.78 is 14.2. The predicted molar refractivity (Wildman–Crippen MR) is 58.0 cm³/mol. The zero-order chi connectivity index (χ0) is 13.4. The highest BCUT2D eigenvalue weighted by Gasteiger charge is 2.17. The molecule has 0 fully saturated rings. The van der Waals surface area contributed by atoms with Crippen LogP contribution >= 0.6 is 0 Å². The summed E-state index contributed by atoms with van der Waals surface area (Å²) in [6.45, 7) is 4.45. The Hall–Kier alpha value is -1.59. The van der Waals surface area contributed by atoms with Gasteiger partial charge in [-0.2, -0.15) is 0 Å². The van der Waals surface area contributed by atoms with Gasteiger partial charge in [-0.05, 0) is 13.8 Å². The van der Waals surface area contributed by atoms with Crippen LogP contribution in [0, 0.1) is 0 Å². The minimum Gasteiger partial charge on any atom is -0.469 e. The second-order valence-corrected chi connectivity index (χ2v) is 3.70. The van der Waals surface area contributed by atoms with Crippen LogP contribution in [-0.4, -0.2) is 37.2 Å². The Labute approximate surface area is 100 Å². The zero-order valence-corrected chi connectivity index (χ0v) is 10.5. The smallest absolute Gasteiger partial charge is 0.309 e. The summed E-state index contributed by atoms with van der Waals surface area (Å²) >= 11 is 0. The molecular weight excluding hydrogens is 228 g/mol. The molecule has 0 spiro atoms. The van der Waals surface area contributed by atoms with E-state index in [0.717, 1.165) is 0 Å². The van der Waals surface area contributed by atoms with Gasteiger partial charge >= 0.3 is 17.9 Å². The lowest BCUT2D eigenvalue weighted by Gasteiger charge is -2.14. The molecule has 0 bridgehead atoms. The van der Waals surface area contributed by atoms with Gasteiger partial charge in [-0.25, -0.2) is 0 Å². The molecule has 0 saturated carbocycles. The van der Waals surface area contributed by atoms with Crippen LogP contribution in [-0.2, 0) is 28.6 Å². The van der Waals surface area contributed by atoms with Crippen molar-refractivity contribution < 1.29 is 28.6 Å². The van der Waals surface area contributed by atoms with Crippen LogP contribution in [0.5, 0.6) is 0 Å². The number of hydrogen-bond donors (Lipinski definition) is 0. The Kier molecular flexibility index (Phi) is 6.93. The van der Waals surface area contributed by atoms with Crippen LogP contribution in [0.4, 0.5) is 0 Å². The van der Waals surface area contributed by atoms with Gasteiger partial charge in [0.2, 0.25) is 0 Å². The summed E-state index contributed by atoms with van der Waals surface area (Å²) in [7, 11) is 1.26. The van der Waals surface area contributed by atoms with Crippen LogP contribution in [0.2, 0.25) is 0 Å². The molecule has 98 valence electrons. The topological polar surface area (TPSA) is 78.9 Å². The lowest BCUT2D eigenvalue weighted by atomic mass is 10.2. The van der Waals surface area contributed by atoms with Gasteiger partial charge < -0.3 is 14.2 Å². The largest absolute Gasteiger partial charge is 0.469 e. The van der Waals surface area contributed by atoms with Crippen molar-refractivity contribution in [2.24, 2.45) is 0 Å². The Morgan fingerprint density at radius 1 is 0.941 bits per heavy atom. The number of carbonyl (C=O) groups is 3. The van der Waals surface area contributed by atoms with E-state index >= 15 is 0 Å². The molecule has 0 rings (SSSR count). The third-order valence-electron chi connectivity index (χ3n) is 1.84. The third-order valence-corrected chi connectivity index (χ3v) is 1.84. The molecule has 0 saturated heterocycles. The molecule has 0 aliphatic heterocycles. The van der Waals surface area contributed by atoms with Gasteiger partial charge in [-0.15, -0.1) is 0 Å². The fraction of sp³-hybridized carbons (Fsp3) is 0.727. The van der Waals surface area contributed by atoms with Crippen LogP contribution in [0.25, 0.3) is 0 Å². The minimum absolute atomic E-state index is 0.00415. The van der Waals surface area contributed by atoms with E-state index < -0.39 is 30.1 Å². The first-order valence-electron chi connectivity index (χ1n) is 5.28. The Balaban J connectivity index is 3.92. The monoisotopic (exact) mass is 246 g/mol. The molecule has 6 heteroatoms. The van der Waals surface area contributed by atoms with Gasteiger partial charge in [-0.3, -0.25) is 14.4 Å². The number of esters is 3. The molecule has 0 aliphatic rings. The molecule has 0 radical (unpaired) electrons. The number of hydrogen-bond acceptors (Lipinski definition) is 6. The fourth-order valence-electron chi connectivity index (χ4n) is 1.19. The maximum atomic E-state index is 11.3. The average Bonchev–Trinajstić information content (AvgIpc) is 2.14. The summed E-state index contributed by atoms with van der Waals surface area (Å²) in [6, 6.07) is 0. The molecule has 0 aromatic carbocycles. The van der Waals surface area contributed by atoms with Gasteiger partial charge in [0.15, 0.2) is 0 Å². The molecule has 0 aromatic heterocycles. The van der Waals surface area contributed by atoms with Gasteiger partial charge in [0.25, 0.3) is 0 Å². The van der Waals surface area contributed by atoms with Crippen molar-refractivity contribution in [3.63, 3.8) is 0 Å². The van der Waals surface area contributed by atoms with Gasteiger partial charge in [0.1, 0.15) is 12.2 Å². The molecule has 2 atom stereocenters. The Bertz CT molecular complexity index is 286. The zero-order valence-electron chi connectivity index (χ0n) is 10.5. The van der Waals surface area contributed by atoms with Gasteiger partial charge in [-0.1, -0.05) is 0 Å². The second-order valence-electron chi connectivity index (χ2n) is 3.70. The minimum atomic E-state index is -0.556. The normalized spacial score (nSPS) is 13.4. The number of methoxy groups -OCH3 is 1. The molecule has 2 unspecified atom stereocenters. The highest BCUT2D eigenvalue weighted by molar-refractivity contribution is 5.73. The van der Waals surface area contributed by atoms with Crippen molar-refractivity contribution in [3.05, 3.63) is 0 Å². The maximum absolute atomic E-state index is 11.3. The van der Waals surface area contributed by atoms with E-state index in [1.54, 1.807) is 13.8 Å². The third kappa shape index (κ3) is 8.24. The van der Waals surface area contributed by atoms with E-state index in [9.17, 15) is 14.4 Å². The van der Waals surface area contributed by atoms with Crippen molar-refractivity contribution in [3.8, 4) is 0 Å². The van der Waals surface area contributed by atoms with E-state index in [4.69, 9.17) is 9.47 Å². The van der Waals surface area contributed by atoms with Gasteiger partial charge in [0.05, 0.1) is 20.0 Å². The quantitative estimate of drug-likeness (QED) is 0.510. The van der Waals surface area contributed by atoms with E-state index in [1.807, 2.05) is 0 Å². The van der Waals surface area contributed by atoms with Crippen molar-refractivity contribution in [2.45, 2.75) is 45.8 Å². The molecular formula is C11H18O6. The Morgan fingerprint density at radius 2 is 1.41 bits per heavy atom. The molecule has 0 N–H and O–H groups in total. The molecule has 0 aromatic rings. The average molecular weight is 246 g/mol. The molecule has 0 amide bonds. The van der Waals surface area contributed by atoms with E-state index in [2.05, 4.69) is 4.74 Å². The Morgan fingerprint density at radius 3 is 1.88 bits per heavy atom. The van der Waals surface area contributed by atoms with Crippen molar-refractivity contribution in [1.29, 1.82) is 0 Å². The number of ether oxygens (including phenoxy) is 3. The van der Waals surface area contributed by atoms with Crippen molar-refractivity contribution >= 4 is 17.9 Å². The van der Waals surface area contributed by atoms with Crippen molar-refractivity contribution in [2.75, 3.05) is 7.11 Å². The molecule has 0 heterocycles. The lowest BCUT2D eigenvalue weighted by molar-refractivity contribution is -0.157. The van der Waals surface area contributed by atoms with Crippen LogP contribution in [0.3, 0.4) is 0 Å². The van der Waals surface area contributed by atoms with Crippen LogP contribution < -0.4 is 0 Å². The lowest BCUT2D eigenvalue weighted by Crippen LogP contribution is -2.23. The predicted octanol–water partition coefficient (Wildman–Crippen LogP) is 0.823. The van der Waals surface area contributed by atoms with Crippen LogP contribution in [0.1, 0.15) is 33.6 Å². The highest BCUT2D eigenvalue weighted by atomic mass is 16.6. The molecule has 0 aliphatic carbocycles. The second kappa shape index (κ2) is 7.65. The maximum Gasteiger partial charge on any atom is 0.309 e. The number of carbonyl (C=O) groups excluding carboxylic acids is 3. The molecule has 6 nitrogen and oxygen atoms in total. The van der Waals surface area contributed by atoms with E-state index in [-0.39, 0.29) is 12.8 Å². The fourth-order valence-corrected chi connectivity index (χ4v) is 1.19. The summed E-state index contributed by atoms with van der Waals surface area (Å²) in [5, 5.41) is 0. The standard InChI is InChI=1S/C11H18O6/c1-7(16-9(3)12)6-11(14)17-8(2)5-10(13)15-4/h7-8H,5-6H2,1-4H3. The van der Waals surface area contributed by atoms with E-state index in [1.165, 1.54) is 14.0 Å². The molecule has 17 heavy (non-hydrogen) atoms. The van der Waals surface area contributed by atoms with Crippen molar-refractivity contribution in [1.82, 2.24) is 0 Å². The highest BCUT2D eigenvalue weighted by Crippen LogP contribution is 2.05. The first-order valence-corrected chi connectivity index (χ1v) is 5.28. The SMILES string of the molecule is COC(=O)CC(C)OC(=O)CC(C)OC(C)=O. The number of rotatable bonds is 6. The summed E-state index contributed by atoms with van der Waals surface area (Å²) in [5.74, 6) is -1.42. The first kappa shape index (κ1) is 15.4. The van der Waals surface area contributed by atoms with Gasteiger partial charge in [0, 0.05) is 6.92 Å². The summed E-state index contributed by atoms with van der Waals surface area (Å²) in [4.78, 5) is 32.8. The summed E-state index contributed by atoms with van der Waals surface area (Å²) in [5.41, 5.74) is 0. The summed E-state index contributed by atoms with van der Waals surface area (Å²) in [6.07, 6.45) is -1.13. The van der Waals surface area contributed by atoms with E-state index in [0.29, 0.717) is 0 Å². The van der Waals surface area contributed by atoms with Crippen LogP contribution in [0.15, 0.2) is 0 Å².